The van der Waals surface area contributed by atoms with Gasteiger partial charge in [-0.05, 0) is 12.1 Å². The number of carbonyl (C=O) groups is 1. The minimum absolute atomic E-state index is 0.173. The van der Waals surface area contributed by atoms with E-state index in [-0.39, 0.29) is 12.3 Å². The zero-order valence-corrected chi connectivity index (χ0v) is 10.5. The lowest BCUT2D eigenvalue weighted by Gasteiger charge is -2.14. The molecule has 8 heteroatoms. The van der Waals surface area contributed by atoms with E-state index in [1.165, 1.54) is 7.11 Å². The van der Waals surface area contributed by atoms with Gasteiger partial charge in [0.05, 0.1) is 11.4 Å². The van der Waals surface area contributed by atoms with Gasteiger partial charge in [-0.3, -0.25) is 0 Å². The summed E-state index contributed by atoms with van der Waals surface area (Å²) in [6.07, 6.45) is 1.08. The van der Waals surface area contributed by atoms with Crippen molar-refractivity contribution in [3.63, 3.8) is 0 Å². The van der Waals surface area contributed by atoms with Crippen molar-refractivity contribution in [1.82, 2.24) is 10.3 Å². The normalized spacial score (nSPS) is 13.1. The number of nitrogens with zero attached hydrogens (tertiary/aromatic N) is 2. The van der Waals surface area contributed by atoms with E-state index < -0.39 is 12.3 Å². The van der Waals surface area contributed by atoms with E-state index in [4.69, 9.17) is 27.8 Å². The molecule has 0 fully saturated rings. The summed E-state index contributed by atoms with van der Waals surface area (Å²) in [6, 6.07) is 2.63. The Bertz CT molecular complexity index is 452. The van der Waals surface area contributed by atoms with E-state index in [0.717, 1.165) is 0 Å². The molecule has 1 atom stereocenters. The number of ether oxygens (including phenoxy) is 1. The van der Waals surface area contributed by atoms with Crippen molar-refractivity contribution in [2.24, 2.45) is 16.5 Å². The number of methoxy groups -OCH3 is 1. The molecular weight excluding hydrogens is 258 g/mol. The molecule has 0 spiro atoms. The first kappa shape index (κ1) is 14.2. The number of rotatable bonds is 5. The quantitative estimate of drug-likeness (QED) is 0.416. The molecular formula is C10H14ClN5O2. The molecule has 0 bridgehead atoms. The average Bonchev–Trinajstić information content (AvgIpc) is 2.30. The number of halogens is 1. The maximum Gasteiger partial charge on any atom is 0.314 e. The number of primary amides is 1. The van der Waals surface area contributed by atoms with Crippen LogP contribution in [0.2, 0.25) is 5.02 Å². The molecule has 1 heterocycles. The van der Waals surface area contributed by atoms with Gasteiger partial charge < -0.3 is 21.5 Å². The van der Waals surface area contributed by atoms with Crippen LogP contribution in [0, 0.1) is 0 Å². The molecule has 5 N–H and O–H groups in total. The van der Waals surface area contributed by atoms with Gasteiger partial charge >= 0.3 is 6.03 Å². The van der Waals surface area contributed by atoms with Gasteiger partial charge in [-0.2, -0.15) is 0 Å². The Hall–Kier alpha value is -1.86. The molecule has 0 aliphatic rings. The lowest BCUT2D eigenvalue weighted by molar-refractivity contribution is 0.0883. The monoisotopic (exact) mass is 271 g/mol. The average molecular weight is 272 g/mol. The standard InChI is InChI=1S/C10H14ClN5O2/c1-18-8(16-10(13)17)5-7(12)15-9-6(11)3-2-4-14-9/h2-4,8H,5H2,1H3,(H2,12,14,15)(H3,13,16,17). The summed E-state index contributed by atoms with van der Waals surface area (Å²) < 4.78 is 4.97. The van der Waals surface area contributed by atoms with Gasteiger partial charge in [0.1, 0.15) is 12.1 Å². The number of nitrogens with one attached hydrogen (secondary N) is 1. The molecule has 1 rings (SSSR count). The van der Waals surface area contributed by atoms with Crippen LogP contribution in [0.1, 0.15) is 6.42 Å². The minimum atomic E-state index is -0.703. The number of amidine groups is 1. The fourth-order valence-electron chi connectivity index (χ4n) is 1.18. The summed E-state index contributed by atoms with van der Waals surface area (Å²) in [4.78, 5) is 18.7. The largest absolute Gasteiger partial charge is 0.387 e. The highest BCUT2D eigenvalue weighted by molar-refractivity contribution is 6.32. The molecule has 98 valence electrons. The smallest absolute Gasteiger partial charge is 0.314 e. The summed E-state index contributed by atoms with van der Waals surface area (Å²) in [5.74, 6) is 0.529. The van der Waals surface area contributed by atoms with Crippen LogP contribution in [0.4, 0.5) is 10.6 Å². The first-order chi connectivity index (χ1) is 8.52. The van der Waals surface area contributed by atoms with Crippen LogP contribution in [-0.4, -0.2) is 30.2 Å². The number of aromatic nitrogens is 1. The molecule has 0 saturated carbocycles. The van der Waals surface area contributed by atoms with E-state index in [0.29, 0.717) is 10.8 Å². The Morgan fingerprint density at radius 1 is 1.67 bits per heavy atom. The molecule has 0 radical (unpaired) electrons. The van der Waals surface area contributed by atoms with Gasteiger partial charge in [-0.1, -0.05) is 11.6 Å². The van der Waals surface area contributed by atoms with Crippen molar-refractivity contribution < 1.29 is 9.53 Å². The first-order valence-corrected chi connectivity index (χ1v) is 5.43. The molecule has 0 aliphatic carbocycles. The second-order valence-electron chi connectivity index (χ2n) is 3.35. The minimum Gasteiger partial charge on any atom is -0.387 e. The van der Waals surface area contributed by atoms with E-state index in [9.17, 15) is 4.79 Å². The molecule has 0 aromatic carbocycles. The van der Waals surface area contributed by atoms with Gasteiger partial charge in [-0.25, -0.2) is 14.8 Å². The number of carbonyl (C=O) groups excluding carboxylic acids is 1. The fourth-order valence-corrected chi connectivity index (χ4v) is 1.35. The molecule has 0 aliphatic heterocycles. The summed E-state index contributed by atoms with van der Waals surface area (Å²) >= 11 is 5.88. The van der Waals surface area contributed by atoms with Crippen molar-refractivity contribution in [3.8, 4) is 0 Å². The van der Waals surface area contributed by atoms with Crippen molar-refractivity contribution >= 4 is 29.3 Å². The van der Waals surface area contributed by atoms with E-state index >= 15 is 0 Å². The molecule has 1 unspecified atom stereocenters. The number of amides is 2. The van der Waals surface area contributed by atoms with E-state index in [2.05, 4.69) is 15.3 Å². The summed E-state index contributed by atoms with van der Waals surface area (Å²) in [5, 5.41) is 2.75. The van der Waals surface area contributed by atoms with Crippen LogP contribution in [0.3, 0.4) is 0 Å². The molecule has 0 saturated heterocycles. The van der Waals surface area contributed by atoms with Crippen molar-refractivity contribution in [1.29, 1.82) is 0 Å². The van der Waals surface area contributed by atoms with E-state index in [1.54, 1.807) is 18.3 Å². The molecule has 7 nitrogen and oxygen atoms in total. The van der Waals surface area contributed by atoms with Crippen LogP contribution in [-0.2, 0) is 4.74 Å². The number of aliphatic imine (C=N–C) groups is 1. The Labute approximate surface area is 109 Å². The highest BCUT2D eigenvalue weighted by Gasteiger charge is 2.11. The van der Waals surface area contributed by atoms with Gasteiger partial charge in [0.2, 0.25) is 0 Å². The zero-order valence-electron chi connectivity index (χ0n) is 9.76. The van der Waals surface area contributed by atoms with E-state index in [1.807, 2.05) is 0 Å². The number of pyridine rings is 1. The molecule has 1 aromatic heterocycles. The Morgan fingerprint density at radius 3 is 2.94 bits per heavy atom. The second kappa shape index (κ2) is 6.77. The topological polar surface area (TPSA) is 116 Å². The second-order valence-corrected chi connectivity index (χ2v) is 3.76. The van der Waals surface area contributed by atoms with Crippen LogP contribution in [0.5, 0.6) is 0 Å². The lowest BCUT2D eigenvalue weighted by atomic mass is 10.3. The zero-order chi connectivity index (χ0) is 13.5. The van der Waals surface area contributed by atoms with Crippen molar-refractivity contribution in [2.45, 2.75) is 12.6 Å². The lowest BCUT2D eigenvalue weighted by Crippen LogP contribution is -2.42. The van der Waals surface area contributed by atoms with Gasteiger partial charge in [0, 0.05) is 13.3 Å². The van der Waals surface area contributed by atoms with Gasteiger partial charge in [0.25, 0.3) is 0 Å². The number of urea groups is 1. The number of hydrogen-bond donors (Lipinski definition) is 3. The van der Waals surface area contributed by atoms with Crippen LogP contribution in [0.25, 0.3) is 0 Å². The predicted molar refractivity (Wildman–Crippen MR) is 68.7 cm³/mol. The Balaban J connectivity index is 2.72. The number of nitrogens with two attached hydrogens (primary N) is 2. The maximum atomic E-state index is 10.7. The van der Waals surface area contributed by atoms with Crippen molar-refractivity contribution in [3.05, 3.63) is 23.4 Å². The Kier molecular flexibility index (Phi) is 5.34. The molecule has 1 aromatic rings. The maximum absolute atomic E-state index is 10.7. The van der Waals surface area contributed by atoms with Crippen molar-refractivity contribution in [2.75, 3.05) is 7.11 Å². The third-order valence-electron chi connectivity index (χ3n) is 1.97. The Morgan fingerprint density at radius 2 is 2.39 bits per heavy atom. The van der Waals surface area contributed by atoms with Crippen LogP contribution in [0.15, 0.2) is 23.3 Å². The fraction of sp³-hybridized carbons (Fsp3) is 0.300. The SMILES string of the molecule is COC(CC(N)=Nc1ncccc1Cl)NC(N)=O. The third-order valence-corrected chi connectivity index (χ3v) is 2.27. The third kappa shape index (κ3) is 4.56. The summed E-state index contributed by atoms with van der Waals surface area (Å²) in [5.41, 5.74) is 10.7. The van der Waals surface area contributed by atoms with Crippen LogP contribution >= 0.6 is 11.6 Å². The van der Waals surface area contributed by atoms with Crippen LogP contribution < -0.4 is 16.8 Å². The first-order valence-electron chi connectivity index (χ1n) is 5.05. The number of hydrogen-bond acceptors (Lipinski definition) is 4. The molecule has 18 heavy (non-hydrogen) atoms. The summed E-state index contributed by atoms with van der Waals surface area (Å²) in [7, 11) is 1.42. The van der Waals surface area contributed by atoms with Gasteiger partial charge in [-0.15, -0.1) is 0 Å². The predicted octanol–water partition coefficient (Wildman–Crippen LogP) is 0.755. The highest BCUT2D eigenvalue weighted by Crippen LogP contribution is 2.20. The summed E-state index contributed by atoms with van der Waals surface area (Å²) in [6.45, 7) is 0. The van der Waals surface area contributed by atoms with Gasteiger partial charge in [0.15, 0.2) is 5.82 Å². The highest BCUT2D eigenvalue weighted by atomic mass is 35.5. The molecule has 2 amide bonds.